The summed E-state index contributed by atoms with van der Waals surface area (Å²) < 4.78 is 48.4. The molecule has 1 N–H and O–H groups in total. The van der Waals surface area contributed by atoms with Gasteiger partial charge in [0, 0.05) is 21.2 Å². The van der Waals surface area contributed by atoms with Crippen LogP contribution in [0, 0.1) is 6.92 Å². The third kappa shape index (κ3) is 4.65. The van der Waals surface area contributed by atoms with Gasteiger partial charge in [-0.05, 0) is 63.6 Å². The number of rotatable bonds is 3. The van der Waals surface area contributed by atoms with E-state index in [9.17, 15) is 23.2 Å². The Hall–Kier alpha value is -2.78. The molecule has 176 valence electrons. The van der Waals surface area contributed by atoms with Crippen molar-refractivity contribution in [1.82, 2.24) is 0 Å². The smallest absolute Gasteiger partial charge is 0.441 e. The lowest BCUT2D eigenvalue weighted by Gasteiger charge is -2.29. The van der Waals surface area contributed by atoms with Crippen molar-refractivity contribution in [3.63, 3.8) is 0 Å². The van der Waals surface area contributed by atoms with Crippen LogP contribution in [0.1, 0.15) is 47.8 Å². The van der Waals surface area contributed by atoms with Crippen molar-refractivity contribution in [2.24, 2.45) is 10.3 Å². The third-order valence-corrected chi connectivity index (χ3v) is 5.16. The number of carbonyl (C=O) groups is 1. The molecule has 2 aromatic carbocycles. The molecule has 6 nitrogen and oxygen atoms in total. The highest BCUT2D eigenvalue weighted by Gasteiger charge is 2.67. The van der Waals surface area contributed by atoms with Crippen molar-refractivity contribution in [2.75, 3.05) is 0 Å². The number of ether oxygens (including phenoxy) is 1. The van der Waals surface area contributed by atoms with Crippen molar-refractivity contribution in [2.45, 2.75) is 45.1 Å². The van der Waals surface area contributed by atoms with Gasteiger partial charge in [-0.3, -0.25) is 0 Å². The molecule has 0 bridgehead atoms. The van der Waals surface area contributed by atoms with Crippen LogP contribution in [0.3, 0.4) is 0 Å². The Balaban J connectivity index is 2.08. The van der Waals surface area contributed by atoms with Gasteiger partial charge in [-0.1, -0.05) is 39.6 Å². The van der Waals surface area contributed by atoms with Gasteiger partial charge >= 0.3 is 17.7 Å². The Morgan fingerprint density at radius 2 is 1.73 bits per heavy atom. The van der Waals surface area contributed by atoms with E-state index in [2.05, 4.69) is 10.3 Å². The van der Waals surface area contributed by atoms with Crippen LogP contribution in [0.15, 0.2) is 46.7 Å². The second kappa shape index (κ2) is 8.53. The molecule has 1 aliphatic rings. The Bertz CT molecular complexity index is 1150. The molecule has 3 rings (SSSR count). The quantitative estimate of drug-likeness (QED) is 0.304. The fourth-order valence-electron chi connectivity index (χ4n) is 3.34. The minimum atomic E-state index is -5.10. The van der Waals surface area contributed by atoms with Crippen LogP contribution in [-0.2, 0) is 15.2 Å². The summed E-state index contributed by atoms with van der Waals surface area (Å²) in [5, 5.41) is 16.0. The summed E-state index contributed by atoms with van der Waals surface area (Å²) in [5.41, 5.74) is -5.00. The van der Waals surface area contributed by atoms with Gasteiger partial charge in [0.05, 0.1) is 5.56 Å². The Morgan fingerprint density at radius 3 is 2.21 bits per heavy atom. The maximum Gasteiger partial charge on any atom is 0.441 e. The molecule has 1 unspecified atom stereocenters. The van der Waals surface area contributed by atoms with Crippen molar-refractivity contribution in [1.29, 1.82) is 0 Å². The first-order valence-electron chi connectivity index (χ1n) is 9.56. The zero-order valence-electron chi connectivity index (χ0n) is 17.9. The lowest BCUT2D eigenvalue weighted by Crippen LogP contribution is -2.50. The van der Waals surface area contributed by atoms with E-state index in [0.717, 1.165) is 12.1 Å². The Morgan fingerprint density at radius 1 is 1.12 bits per heavy atom. The minimum Gasteiger partial charge on any atom is -0.456 e. The molecular formula is C22H19Cl2F3N2O4. The number of halogens is 5. The van der Waals surface area contributed by atoms with Crippen LogP contribution in [0.5, 0.6) is 0 Å². The third-order valence-electron chi connectivity index (χ3n) is 4.72. The van der Waals surface area contributed by atoms with Crippen molar-refractivity contribution >= 4 is 40.6 Å². The molecule has 0 aliphatic carbocycles. The maximum absolute atomic E-state index is 14.4. The predicted molar refractivity (Wildman–Crippen MR) is 117 cm³/mol. The standard InChI is InChI=1S/C22H19Cl2F3N2O4/c1-11-7-12(5-6-16(11)19(30)32-20(2,3)4)17-18(28-31)21(33-29-17,22(25,26)27)13-8-14(23)10-15(24)9-13/h5-10,31H,1-4H3/b28-18+. The van der Waals surface area contributed by atoms with Crippen LogP contribution in [0.4, 0.5) is 13.2 Å². The number of hydrogen-bond acceptors (Lipinski definition) is 6. The highest BCUT2D eigenvalue weighted by atomic mass is 35.5. The zero-order valence-corrected chi connectivity index (χ0v) is 19.4. The maximum atomic E-state index is 14.4. The highest BCUT2D eigenvalue weighted by molar-refractivity contribution is 6.51. The molecule has 0 fully saturated rings. The van der Waals surface area contributed by atoms with Gasteiger partial charge in [-0.15, -0.1) is 0 Å². The molecule has 1 heterocycles. The minimum absolute atomic E-state index is 0.0759. The zero-order chi connectivity index (χ0) is 24.8. The Labute approximate surface area is 197 Å². The number of hydrogen-bond donors (Lipinski definition) is 1. The van der Waals surface area contributed by atoms with Crippen LogP contribution < -0.4 is 0 Å². The average Bonchev–Trinajstić information content (AvgIpc) is 3.06. The van der Waals surface area contributed by atoms with Crippen molar-refractivity contribution < 1.29 is 32.7 Å². The molecule has 0 aromatic heterocycles. The SMILES string of the molecule is Cc1cc(C2=NOC(c3cc(Cl)cc(Cl)c3)(C(F)(F)F)/C2=N/O)ccc1C(=O)OC(C)(C)C. The van der Waals surface area contributed by atoms with Crippen LogP contribution >= 0.6 is 23.2 Å². The lowest BCUT2D eigenvalue weighted by atomic mass is 9.84. The highest BCUT2D eigenvalue weighted by Crippen LogP contribution is 2.48. The van der Waals surface area contributed by atoms with Gasteiger partial charge in [0.15, 0.2) is 5.71 Å². The summed E-state index contributed by atoms with van der Waals surface area (Å²) in [7, 11) is 0. The number of alkyl halides is 3. The summed E-state index contributed by atoms with van der Waals surface area (Å²) in [6, 6.07) is 7.42. The first-order chi connectivity index (χ1) is 15.2. The molecule has 2 aromatic rings. The number of nitrogens with zero attached hydrogens (tertiary/aromatic N) is 2. The van der Waals surface area contributed by atoms with E-state index in [1.807, 2.05) is 0 Å². The van der Waals surface area contributed by atoms with Crippen LogP contribution in [-0.4, -0.2) is 34.4 Å². The monoisotopic (exact) mass is 502 g/mol. The normalized spacial score (nSPS) is 19.9. The summed E-state index contributed by atoms with van der Waals surface area (Å²) in [6.45, 7) is 6.72. The molecule has 0 radical (unpaired) electrons. The first-order valence-corrected chi connectivity index (χ1v) is 10.3. The summed E-state index contributed by atoms with van der Waals surface area (Å²) in [6.07, 6.45) is -5.10. The molecule has 0 spiro atoms. The number of esters is 1. The summed E-state index contributed by atoms with van der Waals surface area (Å²) >= 11 is 11.8. The van der Waals surface area contributed by atoms with Gasteiger partial charge in [-0.25, -0.2) is 4.79 Å². The lowest BCUT2D eigenvalue weighted by molar-refractivity contribution is -0.250. The van der Waals surface area contributed by atoms with E-state index in [0.29, 0.717) is 5.56 Å². The molecule has 0 saturated heterocycles. The fourth-order valence-corrected chi connectivity index (χ4v) is 3.87. The molecule has 33 heavy (non-hydrogen) atoms. The van der Waals surface area contributed by atoms with E-state index >= 15 is 0 Å². The van der Waals surface area contributed by atoms with Gasteiger partial charge < -0.3 is 14.8 Å². The van der Waals surface area contributed by atoms with Gasteiger partial charge in [0.1, 0.15) is 11.3 Å². The van der Waals surface area contributed by atoms with Gasteiger partial charge in [0.25, 0.3) is 0 Å². The summed E-state index contributed by atoms with van der Waals surface area (Å²) in [5.74, 6) is -0.592. The number of oxime groups is 2. The largest absolute Gasteiger partial charge is 0.456 e. The van der Waals surface area contributed by atoms with E-state index in [1.165, 1.54) is 24.3 Å². The molecule has 0 saturated carbocycles. The number of benzene rings is 2. The second-order valence-electron chi connectivity index (χ2n) is 8.35. The fraction of sp³-hybridized carbons (Fsp3) is 0.318. The molecular weight excluding hydrogens is 484 g/mol. The van der Waals surface area contributed by atoms with Gasteiger partial charge in [-0.2, -0.15) is 13.2 Å². The number of aryl methyl sites for hydroxylation is 1. The molecule has 1 atom stereocenters. The number of carbonyl (C=O) groups excluding carboxylic acids is 1. The molecule has 11 heteroatoms. The van der Waals surface area contributed by atoms with Crippen LogP contribution in [0.25, 0.3) is 0 Å². The van der Waals surface area contributed by atoms with E-state index < -0.39 is 34.6 Å². The molecule has 1 aliphatic heterocycles. The van der Waals surface area contributed by atoms with E-state index in [-0.39, 0.29) is 26.9 Å². The van der Waals surface area contributed by atoms with Crippen molar-refractivity contribution in [3.8, 4) is 0 Å². The Kier molecular flexibility index (Phi) is 6.43. The average molecular weight is 503 g/mol. The van der Waals surface area contributed by atoms with Crippen LogP contribution in [0.2, 0.25) is 10.0 Å². The van der Waals surface area contributed by atoms with Crippen molar-refractivity contribution in [3.05, 3.63) is 68.7 Å². The van der Waals surface area contributed by atoms with E-state index in [1.54, 1.807) is 27.7 Å². The molecule has 0 amide bonds. The summed E-state index contributed by atoms with van der Waals surface area (Å²) in [4.78, 5) is 17.3. The predicted octanol–water partition coefficient (Wildman–Crippen LogP) is 6.28. The van der Waals surface area contributed by atoms with E-state index in [4.69, 9.17) is 32.8 Å². The topological polar surface area (TPSA) is 80.5 Å². The van der Waals surface area contributed by atoms with Gasteiger partial charge in [0.2, 0.25) is 0 Å². The first kappa shape index (κ1) is 24.9. The second-order valence-corrected chi connectivity index (χ2v) is 9.22.